The van der Waals surface area contributed by atoms with Crippen LogP contribution in [0.4, 0.5) is 10.1 Å². The van der Waals surface area contributed by atoms with Crippen LogP contribution in [0.15, 0.2) is 87.9 Å². The van der Waals surface area contributed by atoms with E-state index in [0.29, 0.717) is 34.7 Å². The first-order chi connectivity index (χ1) is 18.0. The van der Waals surface area contributed by atoms with Crippen molar-refractivity contribution in [1.82, 2.24) is 4.90 Å². The maximum Gasteiger partial charge on any atom is 0.243 e. The predicted molar refractivity (Wildman–Crippen MR) is 143 cm³/mol. The van der Waals surface area contributed by atoms with Gasteiger partial charge in [0.25, 0.3) is 0 Å². The number of nitrogens with one attached hydrogen (secondary N) is 1. The van der Waals surface area contributed by atoms with E-state index in [1.165, 1.54) is 35.0 Å². The molecule has 1 N–H and O–H groups in total. The molecule has 2 heterocycles. The van der Waals surface area contributed by atoms with Crippen molar-refractivity contribution in [2.75, 3.05) is 18.5 Å². The Kier molecular flexibility index (Phi) is 8.52. The zero-order valence-corrected chi connectivity index (χ0v) is 20.9. The number of hydrogen-bond donors (Lipinski definition) is 1. The third-order valence-corrected chi connectivity index (χ3v) is 6.40. The van der Waals surface area contributed by atoms with Gasteiger partial charge in [-0.1, -0.05) is 17.8 Å². The summed E-state index contributed by atoms with van der Waals surface area (Å²) in [7, 11) is 0. The first-order valence-electron chi connectivity index (χ1n) is 11.5. The molecule has 1 fully saturated rings. The largest absolute Gasteiger partial charge is 0.494 e. The summed E-state index contributed by atoms with van der Waals surface area (Å²) in [5, 5.41) is 10.8. The molecule has 1 aliphatic heterocycles. The summed E-state index contributed by atoms with van der Waals surface area (Å²) < 4.78 is 24.3. The van der Waals surface area contributed by atoms with Gasteiger partial charge in [0.1, 0.15) is 28.3 Å². The fraction of sp³-hybridized carbons (Fsp3) is 0.185. The van der Waals surface area contributed by atoms with Crippen LogP contribution in [0.1, 0.15) is 19.1 Å². The van der Waals surface area contributed by atoms with Crippen LogP contribution < -0.4 is 10.1 Å². The van der Waals surface area contributed by atoms with Crippen LogP contribution in [0.25, 0.3) is 11.3 Å². The monoisotopic (exact) mass is 520 g/mol. The minimum Gasteiger partial charge on any atom is -0.494 e. The molecule has 0 radical (unpaired) electrons. The van der Waals surface area contributed by atoms with Gasteiger partial charge >= 0.3 is 0 Å². The zero-order valence-electron chi connectivity index (χ0n) is 20.1. The van der Waals surface area contributed by atoms with Crippen LogP contribution >= 0.6 is 11.8 Å². The Hall–Kier alpha value is -4.18. The molecule has 0 bridgehead atoms. The van der Waals surface area contributed by atoms with E-state index in [4.69, 9.17) is 9.15 Å². The number of hydrogen-bond acceptors (Lipinski definition) is 7. The van der Waals surface area contributed by atoms with Crippen LogP contribution in [0.3, 0.4) is 0 Å². The number of carbonyl (C=O) groups excluding carboxylic acids is 2. The smallest absolute Gasteiger partial charge is 0.243 e. The van der Waals surface area contributed by atoms with Crippen LogP contribution in [-0.4, -0.2) is 46.5 Å². The van der Waals surface area contributed by atoms with Crippen molar-refractivity contribution < 1.29 is 23.1 Å². The van der Waals surface area contributed by atoms with E-state index in [-0.39, 0.29) is 30.6 Å². The first-order valence-corrected chi connectivity index (χ1v) is 12.4. The van der Waals surface area contributed by atoms with E-state index < -0.39 is 5.25 Å². The number of rotatable bonds is 10. The number of carbonyl (C=O) groups is 2. The van der Waals surface area contributed by atoms with Crippen molar-refractivity contribution in [2.24, 2.45) is 10.2 Å². The fourth-order valence-corrected chi connectivity index (χ4v) is 4.62. The van der Waals surface area contributed by atoms with Gasteiger partial charge in [-0.15, -0.1) is 11.7 Å². The maximum absolute atomic E-state index is 13.1. The molecule has 0 aliphatic carbocycles. The van der Waals surface area contributed by atoms with Crippen molar-refractivity contribution in [1.29, 1.82) is 0 Å². The molecule has 1 atom stereocenters. The summed E-state index contributed by atoms with van der Waals surface area (Å²) in [4.78, 5) is 26.9. The Labute approximate surface area is 217 Å². The average molecular weight is 521 g/mol. The highest BCUT2D eigenvalue weighted by Gasteiger charge is 2.38. The Balaban J connectivity index is 1.39. The fourth-order valence-electron chi connectivity index (χ4n) is 3.52. The molecular formula is C27H25FN4O4S. The molecule has 37 heavy (non-hydrogen) atoms. The SMILES string of the molecule is C=CCN1C(=O)C(CC(=O)Nc2ccc(OCC)cc2)S/C1=N\N=C\c1ccc(-c2ccc(F)cc2)o1. The highest BCUT2D eigenvalue weighted by molar-refractivity contribution is 8.15. The lowest BCUT2D eigenvalue weighted by atomic mass is 10.2. The second-order valence-electron chi connectivity index (χ2n) is 7.89. The molecule has 1 unspecified atom stereocenters. The lowest BCUT2D eigenvalue weighted by Gasteiger charge is -2.13. The number of ether oxygens (including phenoxy) is 1. The van der Waals surface area contributed by atoms with Crippen molar-refractivity contribution in [2.45, 2.75) is 18.6 Å². The summed E-state index contributed by atoms with van der Waals surface area (Å²) in [5.74, 6) is 0.864. The van der Waals surface area contributed by atoms with E-state index in [1.54, 1.807) is 54.6 Å². The quantitative estimate of drug-likeness (QED) is 0.221. The Morgan fingerprint density at radius 2 is 1.95 bits per heavy atom. The Morgan fingerprint density at radius 3 is 2.65 bits per heavy atom. The number of amidine groups is 1. The van der Waals surface area contributed by atoms with E-state index in [2.05, 4.69) is 22.1 Å². The van der Waals surface area contributed by atoms with Gasteiger partial charge in [0.05, 0.1) is 12.8 Å². The van der Waals surface area contributed by atoms with Crippen LogP contribution in [0.5, 0.6) is 5.75 Å². The van der Waals surface area contributed by atoms with E-state index in [1.807, 2.05) is 6.92 Å². The number of amides is 2. The second kappa shape index (κ2) is 12.2. The molecule has 8 nitrogen and oxygen atoms in total. The summed E-state index contributed by atoms with van der Waals surface area (Å²) in [5.41, 5.74) is 1.34. The molecule has 10 heteroatoms. The molecule has 4 rings (SSSR count). The zero-order chi connectivity index (χ0) is 26.2. The molecule has 190 valence electrons. The van der Waals surface area contributed by atoms with E-state index >= 15 is 0 Å². The lowest BCUT2D eigenvalue weighted by Crippen LogP contribution is -2.33. The molecule has 3 aromatic rings. The standard InChI is InChI=1S/C27H25FN4O4S/c1-3-15-32-26(34)24(16-25(33)30-20-9-11-21(12-10-20)35-4-2)37-27(32)31-29-17-22-13-14-23(36-22)18-5-7-19(28)8-6-18/h3,5-14,17,24H,1,4,15-16H2,2H3,(H,30,33)/b29-17+,31-27-. The number of anilines is 1. The van der Waals surface area contributed by atoms with Gasteiger partial charge in [0.2, 0.25) is 11.8 Å². The molecular weight excluding hydrogens is 495 g/mol. The van der Waals surface area contributed by atoms with Crippen LogP contribution in [-0.2, 0) is 9.59 Å². The number of nitrogens with zero attached hydrogens (tertiary/aromatic N) is 3. The number of furan rings is 1. The minimum atomic E-state index is -0.634. The summed E-state index contributed by atoms with van der Waals surface area (Å²) in [6.45, 7) is 6.39. The second-order valence-corrected chi connectivity index (χ2v) is 9.06. The predicted octanol–water partition coefficient (Wildman–Crippen LogP) is 5.33. The van der Waals surface area contributed by atoms with Crippen molar-refractivity contribution in [3.63, 3.8) is 0 Å². The Bertz CT molecular complexity index is 1320. The summed E-state index contributed by atoms with van der Waals surface area (Å²) >= 11 is 1.17. The normalized spacial score (nSPS) is 16.5. The molecule has 1 aliphatic rings. The maximum atomic E-state index is 13.1. The topological polar surface area (TPSA) is 96.5 Å². The van der Waals surface area contributed by atoms with Gasteiger partial charge in [-0.3, -0.25) is 14.5 Å². The first kappa shape index (κ1) is 25.9. The third-order valence-electron chi connectivity index (χ3n) is 5.24. The van der Waals surface area contributed by atoms with Gasteiger partial charge in [-0.2, -0.15) is 5.10 Å². The molecule has 1 saturated heterocycles. The van der Waals surface area contributed by atoms with Gasteiger partial charge in [0.15, 0.2) is 5.17 Å². The lowest BCUT2D eigenvalue weighted by molar-refractivity contribution is -0.127. The van der Waals surface area contributed by atoms with Crippen molar-refractivity contribution in [3.05, 3.63) is 84.9 Å². The van der Waals surface area contributed by atoms with E-state index in [9.17, 15) is 14.0 Å². The van der Waals surface area contributed by atoms with Crippen molar-refractivity contribution >= 4 is 40.6 Å². The Morgan fingerprint density at radius 1 is 1.19 bits per heavy atom. The summed E-state index contributed by atoms with van der Waals surface area (Å²) in [6, 6.07) is 16.4. The molecule has 0 spiro atoms. The van der Waals surface area contributed by atoms with Crippen molar-refractivity contribution in [3.8, 4) is 17.1 Å². The van der Waals surface area contributed by atoms with Gasteiger partial charge in [0, 0.05) is 24.2 Å². The van der Waals surface area contributed by atoms with Gasteiger partial charge < -0.3 is 14.5 Å². The van der Waals surface area contributed by atoms with E-state index in [0.717, 1.165) is 5.56 Å². The number of thioether (sulfide) groups is 1. The number of benzene rings is 2. The molecule has 2 aromatic carbocycles. The molecule has 1 aromatic heterocycles. The highest BCUT2D eigenvalue weighted by Crippen LogP contribution is 2.30. The highest BCUT2D eigenvalue weighted by atomic mass is 32.2. The van der Waals surface area contributed by atoms with Gasteiger partial charge in [-0.25, -0.2) is 4.39 Å². The number of halogens is 1. The minimum absolute atomic E-state index is 0.0215. The van der Waals surface area contributed by atoms with Gasteiger partial charge in [-0.05, 0) is 67.6 Å². The third kappa shape index (κ3) is 6.73. The van der Waals surface area contributed by atoms with Crippen LogP contribution in [0, 0.1) is 5.82 Å². The average Bonchev–Trinajstić information content (AvgIpc) is 3.47. The van der Waals surface area contributed by atoms with Crippen LogP contribution in [0.2, 0.25) is 0 Å². The molecule has 2 amide bonds. The molecule has 0 saturated carbocycles. The summed E-state index contributed by atoms with van der Waals surface area (Å²) in [6.07, 6.45) is 2.98.